The number of nitrogens with zero attached hydrogens (tertiary/aromatic N) is 2. The zero-order valence-electron chi connectivity index (χ0n) is 12.9. The molecule has 2 fully saturated rings. The molecule has 0 bridgehead atoms. The standard InChI is InChI=1S/C15H25N3O3/c1-11(2)10-14(20)17-6-3-7-18(9-8-17)15(21)12-4-5-13(19)16-12/h11-12H,3-10H2,1-2H3,(H,16,19). The van der Waals surface area contributed by atoms with E-state index in [0.717, 1.165) is 6.42 Å². The fraction of sp³-hybridized carbons (Fsp3) is 0.800. The number of hydrogen-bond acceptors (Lipinski definition) is 3. The Morgan fingerprint density at radius 1 is 1.19 bits per heavy atom. The van der Waals surface area contributed by atoms with Gasteiger partial charge < -0.3 is 15.1 Å². The Morgan fingerprint density at radius 2 is 1.86 bits per heavy atom. The topological polar surface area (TPSA) is 69.7 Å². The molecule has 6 nitrogen and oxygen atoms in total. The van der Waals surface area contributed by atoms with E-state index in [-0.39, 0.29) is 23.8 Å². The Hall–Kier alpha value is -1.59. The molecule has 2 aliphatic rings. The van der Waals surface area contributed by atoms with Crippen molar-refractivity contribution >= 4 is 17.7 Å². The van der Waals surface area contributed by atoms with E-state index in [9.17, 15) is 14.4 Å². The minimum Gasteiger partial charge on any atom is -0.344 e. The lowest BCUT2D eigenvalue weighted by Crippen LogP contribution is -2.46. The van der Waals surface area contributed by atoms with Crippen molar-refractivity contribution < 1.29 is 14.4 Å². The number of amides is 3. The molecule has 2 saturated heterocycles. The second-order valence-corrected chi connectivity index (χ2v) is 6.32. The molecule has 0 radical (unpaired) electrons. The van der Waals surface area contributed by atoms with Crippen LogP contribution >= 0.6 is 0 Å². The van der Waals surface area contributed by atoms with E-state index in [0.29, 0.717) is 51.4 Å². The molecule has 21 heavy (non-hydrogen) atoms. The van der Waals surface area contributed by atoms with E-state index in [4.69, 9.17) is 0 Å². The molecular formula is C15H25N3O3. The molecule has 118 valence electrons. The summed E-state index contributed by atoms with van der Waals surface area (Å²) >= 11 is 0. The summed E-state index contributed by atoms with van der Waals surface area (Å²) in [5.74, 6) is 0.483. The first-order valence-electron chi connectivity index (χ1n) is 7.83. The summed E-state index contributed by atoms with van der Waals surface area (Å²) in [5.41, 5.74) is 0. The highest BCUT2D eigenvalue weighted by Gasteiger charge is 2.31. The van der Waals surface area contributed by atoms with E-state index in [2.05, 4.69) is 5.32 Å². The first-order chi connectivity index (χ1) is 9.97. The molecule has 0 aromatic heterocycles. The van der Waals surface area contributed by atoms with Gasteiger partial charge >= 0.3 is 0 Å². The Morgan fingerprint density at radius 3 is 2.48 bits per heavy atom. The van der Waals surface area contributed by atoms with Gasteiger partial charge in [0.1, 0.15) is 6.04 Å². The van der Waals surface area contributed by atoms with Crippen LogP contribution in [0.25, 0.3) is 0 Å². The van der Waals surface area contributed by atoms with Crippen molar-refractivity contribution in [1.29, 1.82) is 0 Å². The van der Waals surface area contributed by atoms with Gasteiger partial charge in [0.05, 0.1) is 0 Å². The second-order valence-electron chi connectivity index (χ2n) is 6.32. The summed E-state index contributed by atoms with van der Waals surface area (Å²) in [6, 6.07) is -0.365. The van der Waals surface area contributed by atoms with Crippen LogP contribution in [0.3, 0.4) is 0 Å². The molecule has 0 aliphatic carbocycles. The van der Waals surface area contributed by atoms with Crippen LogP contribution in [-0.2, 0) is 14.4 Å². The maximum atomic E-state index is 12.4. The van der Waals surface area contributed by atoms with Crippen molar-refractivity contribution in [1.82, 2.24) is 15.1 Å². The third-order valence-electron chi connectivity index (χ3n) is 4.04. The molecule has 1 N–H and O–H groups in total. The molecule has 0 aromatic carbocycles. The zero-order valence-corrected chi connectivity index (χ0v) is 12.9. The lowest BCUT2D eigenvalue weighted by molar-refractivity contribution is -0.135. The van der Waals surface area contributed by atoms with Crippen LogP contribution in [0.15, 0.2) is 0 Å². The monoisotopic (exact) mass is 295 g/mol. The first-order valence-corrected chi connectivity index (χ1v) is 7.83. The van der Waals surface area contributed by atoms with Gasteiger partial charge in [-0.15, -0.1) is 0 Å². The molecular weight excluding hydrogens is 270 g/mol. The lowest BCUT2D eigenvalue weighted by Gasteiger charge is -2.24. The number of hydrogen-bond donors (Lipinski definition) is 1. The average molecular weight is 295 g/mol. The summed E-state index contributed by atoms with van der Waals surface area (Å²) in [7, 11) is 0. The molecule has 1 atom stereocenters. The van der Waals surface area contributed by atoms with Crippen LogP contribution in [0.1, 0.15) is 39.5 Å². The minimum atomic E-state index is -0.365. The fourth-order valence-corrected chi connectivity index (χ4v) is 2.89. The summed E-state index contributed by atoms with van der Waals surface area (Å²) in [4.78, 5) is 39.3. The number of carbonyl (C=O) groups excluding carboxylic acids is 3. The molecule has 1 unspecified atom stereocenters. The summed E-state index contributed by atoms with van der Waals surface area (Å²) in [5, 5.41) is 2.72. The first kappa shape index (κ1) is 15.8. The fourth-order valence-electron chi connectivity index (χ4n) is 2.89. The number of rotatable bonds is 3. The molecule has 6 heteroatoms. The molecule has 2 aliphatic heterocycles. The maximum Gasteiger partial charge on any atom is 0.245 e. The van der Waals surface area contributed by atoms with E-state index in [1.807, 2.05) is 18.7 Å². The largest absolute Gasteiger partial charge is 0.344 e. The molecule has 0 saturated carbocycles. The highest BCUT2D eigenvalue weighted by Crippen LogP contribution is 2.13. The predicted octanol–water partition coefficient (Wildman–Crippen LogP) is 0.372. The van der Waals surface area contributed by atoms with E-state index >= 15 is 0 Å². The van der Waals surface area contributed by atoms with Gasteiger partial charge in [-0.1, -0.05) is 13.8 Å². The van der Waals surface area contributed by atoms with Gasteiger partial charge in [0.25, 0.3) is 0 Å². The Bertz CT molecular complexity index is 422. The summed E-state index contributed by atoms with van der Waals surface area (Å²) in [6.45, 7) is 6.61. The van der Waals surface area contributed by atoms with Crippen LogP contribution in [0.2, 0.25) is 0 Å². The third-order valence-corrected chi connectivity index (χ3v) is 4.04. The van der Waals surface area contributed by atoms with E-state index < -0.39 is 0 Å². The van der Waals surface area contributed by atoms with Crippen molar-refractivity contribution in [3.8, 4) is 0 Å². The van der Waals surface area contributed by atoms with Crippen LogP contribution in [0.4, 0.5) is 0 Å². The Labute approximate surface area is 125 Å². The lowest BCUT2D eigenvalue weighted by atomic mass is 10.1. The van der Waals surface area contributed by atoms with Crippen LogP contribution in [0, 0.1) is 5.92 Å². The normalized spacial score (nSPS) is 23.2. The molecule has 2 rings (SSSR count). The SMILES string of the molecule is CC(C)CC(=O)N1CCCN(C(=O)C2CCC(=O)N2)CC1. The second kappa shape index (κ2) is 6.91. The van der Waals surface area contributed by atoms with Crippen LogP contribution in [-0.4, -0.2) is 59.7 Å². The van der Waals surface area contributed by atoms with Crippen LogP contribution < -0.4 is 5.32 Å². The van der Waals surface area contributed by atoms with Gasteiger partial charge in [-0.05, 0) is 18.8 Å². The van der Waals surface area contributed by atoms with Gasteiger partial charge in [-0.3, -0.25) is 14.4 Å². The maximum absolute atomic E-state index is 12.4. The minimum absolute atomic E-state index is 0.000918. The van der Waals surface area contributed by atoms with Crippen molar-refractivity contribution in [2.24, 2.45) is 5.92 Å². The molecule has 2 heterocycles. The molecule has 0 aromatic rings. The van der Waals surface area contributed by atoms with Gasteiger partial charge in [-0.25, -0.2) is 0 Å². The highest BCUT2D eigenvalue weighted by atomic mass is 16.2. The highest BCUT2D eigenvalue weighted by molar-refractivity contribution is 5.90. The quantitative estimate of drug-likeness (QED) is 0.818. The Kier molecular flexibility index (Phi) is 5.20. The number of nitrogens with one attached hydrogen (secondary N) is 1. The van der Waals surface area contributed by atoms with Crippen molar-refractivity contribution in [2.45, 2.75) is 45.6 Å². The molecule has 0 spiro atoms. The summed E-state index contributed by atoms with van der Waals surface area (Å²) in [6.07, 6.45) is 2.39. The summed E-state index contributed by atoms with van der Waals surface area (Å²) < 4.78 is 0. The van der Waals surface area contributed by atoms with Crippen molar-refractivity contribution in [3.05, 3.63) is 0 Å². The van der Waals surface area contributed by atoms with E-state index in [1.165, 1.54) is 0 Å². The van der Waals surface area contributed by atoms with Gasteiger partial charge in [0.2, 0.25) is 17.7 Å². The van der Waals surface area contributed by atoms with E-state index in [1.54, 1.807) is 4.90 Å². The number of carbonyl (C=O) groups is 3. The van der Waals surface area contributed by atoms with Gasteiger partial charge in [0.15, 0.2) is 0 Å². The van der Waals surface area contributed by atoms with Crippen molar-refractivity contribution in [3.63, 3.8) is 0 Å². The third kappa shape index (κ3) is 4.19. The zero-order chi connectivity index (χ0) is 15.4. The van der Waals surface area contributed by atoms with Crippen LogP contribution in [0.5, 0.6) is 0 Å². The van der Waals surface area contributed by atoms with Gasteiger partial charge in [0, 0.05) is 39.0 Å². The predicted molar refractivity (Wildman–Crippen MR) is 78.4 cm³/mol. The average Bonchev–Trinajstić information content (AvgIpc) is 2.71. The molecule has 3 amide bonds. The smallest absolute Gasteiger partial charge is 0.245 e. The van der Waals surface area contributed by atoms with Gasteiger partial charge in [-0.2, -0.15) is 0 Å². The van der Waals surface area contributed by atoms with Crippen molar-refractivity contribution in [2.75, 3.05) is 26.2 Å². The Balaban J connectivity index is 1.87.